The van der Waals surface area contributed by atoms with Gasteiger partial charge in [-0.2, -0.15) is 0 Å². The number of unbranched alkanes of at least 4 members (excludes halogenated alkanes) is 1. The molecule has 0 heterocycles. The van der Waals surface area contributed by atoms with Gasteiger partial charge in [-0.15, -0.1) is 0 Å². The van der Waals surface area contributed by atoms with Crippen molar-refractivity contribution in [1.82, 2.24) is 10.2 Å². The number of anilines is 1. The zero-order chi connectivity index (χ0) is 31.4. The summed E-state index contributed by atoms with van der Waals surface area (Å²) in [5, 5.41) is 3.31. The molecule has 1 N–H and O–H groups in total. The number of methoxy groups -OCH3 is 1. The van der Waals surface area contributed by atoms with E-state index in [4.69, 9.17) is 21.1 Å². The molecule has 2 amide bonds. The second kappa shape index (κ2) is 16.2. The van der Waals surface area contributed by atoms with E-state index in [-0.39, 0.29) is 23.0 Å². The molecule has 0 saturated heterocycles. The first-order valence-electron chi connectivity index (χ1n) is 14.4. The topological polar surface area (TPSA) is 105 Å². The molecule has 232 valence electrons. The van der Waals surface area contributed by atoms with Gasteiger partial charge in [0.1, 0.15) is 24.1 Å². The molecule has 0 fully saturated rings. The number of benzene rings is 3. The summed E-state index contributed by atoms with van der Waals surface area (Å²) in [5.74, 6) is 0.122. The van der Waals surface area contributed by atoms with E-state index in [1.54, 1.807) is 50.4 Å². The maximum atomic E-state index is 14.2. The van der Waals surface area contributed by atoms with Crippen LogP contribution in [0.2, 0.25) is 5.02 Å². The number of hydrogen-bond donors (Lipinski definition) is 1. The molecule has 0 aliphatic carbocycles. The maximum absolute atomic E-state index is 14.2. The first kappa shape index (κ1) is 33.7. The van der Waals surface area contributed by atoms with Crippen LogP contribution in [-0.4, -0.2) is 58.0 Å². The number of ether oxygens (including phenoxy) is 2. The van der Waals surface area contributed by atoms with Gasteiger partial charge in [0.25, 0.3) is 10.0 Å². The van der Waals surface area contributed by atoms with E-state index >= 15 is 0 Å². The van der Waals surface area contributed by atoms with Crippen LogP contribution in [0.4, 0.5) is 5.69 Å². The number of para-hydroxylation sites is 2. The lowest BCUT2D eigenvalue weighted by Gasteiger charge is -2.33. The molecule has 3 rings (SSSR count). The second-order valence-corrected chi connectivity index (χ2v) is 12.1. The summed E-state index contributed by atoms with van der Waals surface area (Å²) < 4.78 is 40.3. The number of rotatable bonds is 16. The van der Waals surface area contributed by atoms with E-state index < -0.39 is 28.5 Å². The highest BCUT2D eigenvalue weighted by Crippen LogP contribution is 2.33. The summed E-state index contributed by atoms with van der Waals surface area (Å²) in [4.78, 5) is 29.0. The maximum Gasteiger partial charge on any atom is 0.264 e. The lowest BCUT2D eigenvalue weighted by atomic mass is 10.1. The minimum Gasteiger partial charge on any atom is -0.497 e. The Bertz CT molecular complexity index is 1450. The summed E-state index contributed by atoms with van der Waals surface area (Å²) in [5.41, 5.74) is 0.966. The molecular formula is C32H40ClN3O6S. The summed E-state index contributed by atoms with van der Waals surface area (Å²) in [6.07, 6.45) is 2.04. The fourth-order valence-electron chi connectivity index (χ4n) is 4.54. The van der Waals surface area contributed by atoms with Crippen LogP contribution >= 0.6 is 11.6 Å². The normalized spacial score (nSPS) is 11.8. The number of hydrogen-bond acceptors (Lipinski definition) is 6. The van der Waals surface area contributed by atoms with Crippen molar-refractivity contribution in [2.75, 3.05) is 31.1 Å². The number of sulfonamides is 1. The number of nitrogens with one attached hydrogen (secondary N) is 1. The molecule has 0 aromatic heterocycles. The molecule has 0 saturated carbocycles. The average molecular weight is 630 g/mol. The van der Waals surface area contributed by atoms with Gasteiger partial charge in [-0.3, -0.25) is 13.9 Å². The Morgan fingerprint density at radius 3 is 2.23 bits per heavy atom. The lowest BCUT2D eigenvalue weighted by Crippen LogP contribution is -2.52. The van der Waals surface area contributed by atoms with Gasteiger partial charge in [-0.25, -0.2) is 8.42 Å². The number of halogens is 1. The van der Waals surface area contributed by atoms with Gasteiger partial charge in [-0.05, 0) is 73.9 Å². The highest BCUT2D eigenvalue weighted by Gasteiger charge is 2.34. The predicted octanol–water partition coefficient (Wildman–Crippen LogP) is 5.67. The van der Waals surface area contributed by atoms with Crippen LogP contribution in [-0.2, 0) is 26.2 Å². The Morgan fingerprint density at radius 2 is 1.63 bits per heavy atom. The number of nitrogens with zero attached hydrogens (tertiary/aromatic N) is 2. The predicted molar refractivity (Wildman–Crippen MR) is 169 cm³/mol. The van der Waals surface area contributed by atoms with Gasteiger partial charge in [0.15, 0.2) is 0 Å². The van der Waals surface area contributed by atoms with Crippen LogP contribution in [0.1, 0.15) is 45.6 Å². The van der Waals surface area contributed by atoms with E-state index in [2.05, 4.69) is 5.32 Å². The van der Waals surface area contributed by atoms with E-state index in [9.17, 15) is 18.0 Å². The largest absolute Gasteiger partial charge is 0.497 e. The molecule has 9 nitrogen and oxygen atoms in total. The third kappa shape index (κ3) is 8.87. The Labute approximate surface area is 259 Å². The smallest absolute Gasteiger partial charge is 0.264 e. The first-order valence-corrected chi connectivity index (χ1v) is 16.2. The molecule has 43 heavy (non-hydrogen) atoms. The first-order chi connectivity index (χ1) is 20.7. The van der Waals surface area contributed by atoms with Crippen LogP contribution < -0.4 is 19.1 Å². The summed E-state index contributed by atoms with van der Waals surface area (Å²) in [7, 11) is -2.70. The van der Waals surface area contributed by atoms with Crippen molar-refractivity contribution in [1.29, 1.82) is 0 Å². The molecule has 0 unspecified atom stereocenters. The molecular weight excluding hydrogens is 590 g/mol. The zero-order valence-corrected chi connectivity index (χ0v) is 26.7. The Kier molecular flexibility index (Phi) is 12.7. The van der Waals surface area contributed by atoms with Crippen LogP contribution in [0, 0.1) is 0 Å². The molecule has 3 aromatic rings. The molecule has 11 heteroatoms. The van der Waals surface area contributed by atoms with Crippen molar-refractivity contribution < 1.29 is 27.5 Å². The van der Waals surface area contributed by atoms with Crippen molar-refractivity contribution in [3.8, 4) is 11.5 Å². The third-order valence-electron chi connectivity index (χ3n) is 6.84. The van der Waals surface area contributed by atoms with Gasteiger partial charge >= 0.3 is 0 Å². The highest BCUT2D eigenvalue weighted by atomic mass is 35.5. The van der Waals surface area contributed by atoms with Gasteiger partial charge in [0.05, 0.1) is 24.3 Å². The quantitative estimate of drug-likeness (QED) is 0.205. The van der Waals surface area contributed by atoms with Crippen molar-refractivity contribution >= 4 is 39.1 Å². The van der Waals surface area contributed by atoms with Gasteiger partial charge < -0.3 is 19.7 Å². The van der Waals surface area contributed by atoms with Crippen molar-refractivity contribution in [2.24, 2.45) is 0 Å². The minimum atomic E-state index is -4.26. The fourth-order valence-corrected chi connectivity index (χ4v) is 6.09. The molecule has 0 spiro atoms. The van der Waals surface area contributed by atoms with Crippen LogP contribution in [0.25, 0.3) is 0 Å². The highest BCUT2D eigenvalue weighted by molar-refractivity contribution is 7.92. The SMILES string of the molecule is CCCCNC(=O)[C@H](CC)N(Cc1ccc(OC)cc1)C(=O)CN(c1ccccc1OCC)S(=O)(=O)c1ccc(Cl)cc1. The summed E-state index contributed by atoms with van der Waals surface area (Å²) >= 11 is 6.04. The monoisotopic (exact) mass is 629 g/mol. The Hall–Kier alpha value is -3.76. The molecule has 0 bridgehead atoms. The summed E-state index contributed by atoms with van der Waals surface area (Å²) in [6.45, 7) is 5.94. The van der Waals surface area contributed by atoms with Crippen LogP contribution in [0.5, 0.6) is 11.5 Å². The number of carbonyl (C=O) groups is 2. The standard InChI is InChI=1S/C32H40ClN3O6S/c1-5-8-21-34-32(38)28(6-2)35(22-24-13-17-26(41-4)18-14-24)31(37)23-36(29-11-9-10-12-30(29)42-7-3)43(39,40)27-19-15-25(33)16-20-27/h9-20,28H,5-8,21-23H2,1-4H3,(H,34,38)/t28-/m0/s1. The molecule has 1 atom stereocenters. The third-order valence-corrected chi connectivity index (χ3v) is 8.87. The molecule has 0 aliphatic rings. The fraction of sp³-hybridized carbons (Fsp3) is 0.375. The number of carbonyl (C=O) groups excluding carboxylic acids is 2. The van der Waals surface area contributed by atoms with Crippen molar-refractivity contribution in [3.05, 3.63) is 83.4 Å². The van der Waals surface area contributed by atoms with E-state index in [1.165, 1.54) is 29.2 Å². The van der Waals surface area contributed by atoms with Crippen LogP contribution in [0.3, 0.4) is 0 Å². The molecule has 3 aromatic carbocycles. The molecule has 0 aliphatic heterocycles. The second-order valence-electron chi connectivity index (χ2n) is 9.80. The van der Waals surface area contributed by atoms with E-state index in [1.807, 2.05) is 26.0 Å². The van der Waals surface area contributed by atoms with Gasteiger partial charge in [-0.1, -0.05) is 56.1 Å². The van der Waals surface area contributed by atoms with Crippen molar-refractivity contribution in [2.45, 2.75) is 57.5 Å². The Morgan fingerprint density at radius 1 is 0.953 bits per heavy atom. The zero-order valence-electron chi connectivity index (χ0n) is 25.1. The van der Waals surface area contributed by atoms with Gasteiger partial charge in [0.2, 0.25) is 11.8 Å². The Balaban J connectivity index is 2.08. The van der Waals surface area contributed by atoms with E-state index in [0.29, 0.717) is 36.1 Å². The van der Waals surface area contributed by atoms with Crippen LogP contribution in [0.15, 0.2) is 77.7 Å². The van der Waals surface area contributed by atoms with Gasteiger partial charge in [0, 0.05) is 18.1 Å². The van der Waals surface area contributed by atoms with Crippen molar-refractivity contribution in [3.63, 3.8) is 0 Å². The molecule has 0 radical (unpaired) electrons. The average Bonchev–Trinajstić information content (AvgIpc) is 3.01. The van der Waals surface area contributed by atoms with E-state index in [0.717, 1.165) is 22.7 Å². The minimum absolute atomic E-state index is 0.0398. The number of amides is 2. The lowest BCUT2D eigenvalue weighted by molar-refractivity contribution is -0.140. The summed E-state index contributed by atoms with van der Waals surface area (Å²) in [6, 6.07) is 18.7.